The maximum atomic E-state index is 11.5. The monoisotopic (exact) mass is 220 g/mol. The Bertz CT molecular complexity index is 437. The molecule has 1 unspecified atom stereocenters. The second-order valence-corrected chi connectivity index (χ2v) is 3.13. The normalized spacial score (nSPS) is 11.3. The van der Waals surface area contributed by atoms with Crippen LogP contribution >= 0.6 is 0 Å². The maximum Gasteiger partial charge on any atom is 0.339 e. The molecule has 0 saturated heterocycles. The molecule has 0 bridgehead atoms. The van der Waals surface area contributed by atoms with E-state index in [1.54, 1.807) is 12.1 Å². The van der Waals surface area contributed by atoms with Gasteiger partial charge in [-0.05, 0) is 25.1 Å². The van der Waals surface area contributed by atoms with Crippen molar-refractivity contribution in [3.63, 3.8) is 0 Å². The molecule has 5 nitrogen and oxygen atoms in total. The number of nitrogen functional groups attached to an aromatic ring is 1. The van der Waals surface area contributed by atoms with E-state index in [1.165, 1.54) is 26.2 Å². The number of anilines is 1. The van der Waals surface area contributed by atoms with Gasteiger partial charge in [0.25, 0.3) is 0 Å². The smallest absolute Gasteiger partial charge is 0.339 e. The average molecular weight is 220 g/mol. The predicted molar refractivity (Wildman–Crippen MR) is 57.9 cm³/mol. The molecule has 0 aromatic heterocycles. The van der Waals surface area contributed by atoms with Gasteiger partial charge >= 0.3 is 5.97 Å². The van der Waals surface area contributed by atoms with Crippen molar-refractivity contribution in [1.29, 1.82) is 5.26 Å². The van der Waals surface area contributed by atoms with Gasteiger partial charge in [0.05, 0.1) is 18.4 Å². The first-order valence-electron chi connectivity index (χ1n) is 4.62. The fourth-order valence-corrected chi connectivity index (χ4v) is 1.12. The number of rotatable bonds is 3. The largest absolute Gasteiger partial charge is 0.495 e. The Morgan fingerprint density at radius 2 is 2.25 bits per heavy atom. The van der Waals surface area contributed by atoms with E-state index in [1.807, 2.05) is 0 Å². The lowest BCUT2D eigenvalue weighted by molar-refractivity contribution is 0.0435. The fraction of sp³-hybridized carbons (Fsp3) is 0.273. The summed E-state index contributed by atoms with van der Waals surface area (Å²) < 4.78 is 9.77. The van der Waals surface area contributed by atoms with E-state index >= 15 is 0 Å². The molecule has 0 fully saturated rings. The number of nitriles is 1. The van der Waals surface area contributed by atoms with Crippen LogP contribution in [0.15, 0.2) is 18.2 Å². The number of benzene rings is 1. The van der Waals surface area contributed by atoms with Gasteiger partial charge in [-0.25, -0.2) is 4.79 Å². The van der Waals surface area contributed by atoms with Crippen LogP contribution in [0.1, 0.15) is 17.3 Å². The van der Waals surface area contributed by atoms with Crippen molar-refractivity contribution >= 4 is 11.7 Å². The van der Waals surface area contributed by atoms with Crippen LogP contribution in [0, 0.1) is 11.3 Å². The van der Waals surface area contributed by atoms with Crippen molar-refractivity contribution in [3.05, 3.63) is 23.8 Å². The quantitative estimate of drug-likeness (QED) is 0.613. The minimum atomic E-state index is -0.782. The van der Waals surface area contributed by atoms with Crippen molar-refractivity contribution in [3.8, 4) is 11.8 Å². The van der Waals surface area contributed by atoms with Gasteiger partial charge in [-0.3, -0.25) is 0 Å². The number of carbonyl (C=O) groups is 1. The lowest BCUT2D eigenvalue weighted by atomic mass is 10.2. The summed E-state index contributed by atoms with van der Waals surface area (Å²) in [7, 11) is 1.49. The number of hydrogen-bond donors (Lipinski definition) is 1. The molecule has 2 N–H and O–H groups in total. The van der Waals surface area contributed by atoms with Crippen LogP contribution < -0.4 is 10.5 Å². The predicted octanol–water partition coefficient (Wildman–Crippen LogP) is 1.35. The van der Waals surface area contributed by atoms with E-state index in [4.69, 9.17) is 20.5 Å². The van der Waals surface area contributed by atoms with Crippen LogP contribution in [0.2, 0.25) is 0 Å². The van der Waals surface area contributed by atoms with Crippen molar-refractivity contribution in [1.82, 2.24) is 0 Å². The molecule has 1 atom stereocenters. The number of nitrogens with two attached hydrogens (primary N) is 1. The standard InChI is InChI=1S/C11H12N2O3/c1-7(6-12)16-11(14)8-3-4-10(15-2)9(13)5-8/h3-5,7H,13H2,1-2H3. The van der Waals surface area contributed by atoms with Crippen LogP contribution in [0.3, 0.4) is 0 Å². The number of esters is 1. The number of nitrogens with zero attached hydrogens (tertiary/aromatic N) is 1. The SMILES string of the molecule is COc1ccc(C(=O)OC(C)C#N)cc1N. The Labute approximate surface area is 93.4 Å². The summed E-state index contributed by atoms with van der Waals surface area (Å²) in [6.07, 6.45) is -0.782. The van der Waals surface area contributed by atoms with E-state index < -0.39 is 12.1 Å². The molecule has 0 aliphatic heterocycles. The van der Waals surface area contributed by atoms with Crippen molar-refractivity contribution in [2.45, 2.75) is 13.0 Å². The minimum absolute atomic E-state index is 0.292. The summed E-state index contributed by atoms with van der Waals surface area (Å²) in [4.78, 5) is 11.5. The lowest BCUT2D eigenvalue weighted by Gasteiger charge is -2.08. The summed E-state index contributed by atoms with van der Waals surface area (Å²) in [5.74, 6) is -0.0896. The number of carbonyl (C=O) groups excluding carboxylic acids is 1. The number of hydrogen-bond acceptors (Lipinski definition) is 5. The topological polar surface area (TPSA) is 85.3 Å². The van der Waals surface area contributed by atoms with Crippen LogP contribution in [0.4, 0.5) is 5.69 Å². The maximum absolute atomic E-state index is 11.5. The molecule has 0 spiro atoms. The Balaban J connectivity index is 2.86. The van der Waals surface area contributed by atoms with Crippen LogP contribution in [-0.4, -0.2) is 19.2 Å². The van der Waals surface area contributed by atoms with E-state index in [2.05, 4.69) is 0 Å². The molecule has 0 aliphatic carbocycles. The first-order valence-corrected chi connectivity index (χ1v) is 4.62. The van der Waals surface area contributed by atoms with Crippen molar-refractivity contribution < 1.29 is 14.3 Å². The van der Waals surface area contributed by atoms with Gasteiger partial charge in [0.1, 0.15) is 11.8 Å². The molecule has 1 aromatic rings. The molecule has 1 aromatic carbocycles. The van der Waals surface area contributed by atoms with Crippen LogP contribution in [-0.2, 0) is 4.74 Å². The molecule has 0 saturated carbocycles. The van der Waals surface area contributed by atoms with Gasteiger partial charge in [-0.1, -0.05) is 0 Å². The average Bonchev–Trinajstić information content (AvgIpc) is 2.28. The van der Waals surface area contributed by atoms with Gasteiger partial charge in [-0.15, -0.1) is 0 Å². The second-order valence-electron chi connectivity index (χ2n) is 3.13. The highest BCUT2D eigenvalue weighted by molar-refractivity contribution is 5.91. The first kappa shape index (κ1) is 11.9. The van der Waals surface area contributed by atoms with Crippen molar-refractivity contribution in [2.75, 3.05) is 12.8 Å². The lowest BCUT2D eigenvalue weighted by Crippen LogP contribution is -2.13. The molecule has 0 radical (unpaired) electrons. The van der Waals surface area contributed by atoms with Crippen LogP contribution in [0.5, 0.6) is 5.75 Å². The molecule has 5 heteroatoms. The van der Waals surface area contributed by atoms with E-state index in [0.717, 1.165) is 0 Å². The summed E-state index contributed by atoms with van der Waals surface area (Å²) in [6, 6.07) is 6.36. The van der Waals surface area contributed by atoms with Gasteiger partial charge < -0.3 is 15.2 Å². The zero-order valence-corrected chi connectivity index (χ0v) is 9.06. The third-order valence-electron chi connectivity index (χ3n) is 1.93. The highest BCUT2D eigenvalue weighted by Gasteiger charge is 2.12. The summed E-state index contributed by atoms with van der Waals surface area (Å²) in [5.41, 5.74) is 6.28. The van der Waals surface area contributed by atoms with E-state index in [9.17, 15) is 4.79 Å². The third-order valence-corrected chi connectivity index (χ3v) is 1.93. The molecule has 0 amide bonds. The minimum Gasteiger partial charge on any atom is -0.495 e. The highest BCUT2D eigenvalue weighted by Crippen LogP contribution is 2.22. The summed E-state index contributed by atoms with van der Waals surface area (Å²) >= 11 is 0. The summed E-state index contributed by atoms with van der Waals surface area (Å²) in [6.45, 7) is 1.49. The Morgan fingerprint density at radius 1 is 1.56 bits per heavy atom. The molecule has 0 heterocycles. The van der Waals surface area contributed by atoms with E-state index in [0.29, 0.717) is 17.0 Å². The molecular weight excluding hydrogens is 208 g/mol. The molecular formula is C11H12N2O3. The molecule has 16 heavy (non-hydrogen) atoms. The van der Waals surface area contributed by atoms with E-state index in [-0.39, 0.29) is 0 Å². The molecule has 0 aliphatic rings. The van der Waals surface area contributed by atoms with Gasteiger partial charge in [0, 0.05) is 0 Å². The second kappa shape index (κ2) is 5.03. The molecule has 84 valence electrons. The Hall–Kier alpha value is -2.22. The number of methoxy groups -OCH3 is 1. The number of ether oxygens (including phenoxy) is 2. The fourth-order valence-electron chi connectivity index (χ4n) is 1.12. The molecule has 1 rings (SSSR count). The zero-order chi connectivity index (χ0) is 12.1. The van der Waals surface area contributed by atoms with Gasteiger partial charge in [0.15, 0.2) is 6.10 Å². The van der Waals surface area contributed by atoms with Crippen LogP contribution in [0.25, 0.3) is 0 Å². The zero-order valence-electron chi connectivity index (χ0n) is 9.06. The Kier molecular flexibility index (Phi) is 3.72. The van der Waals surface area contributed by atoms with Gasteiger partial charge in [0.2, 0.25) is 0 Å². The Morgan fingerprint density at radius 3 is 2.75 bits per heavy atom. The first-order chi connectivity index (χ1) is 7.58. The summed E-state index contributed by atoms with van der Waals surface area (Å²) in [5, 5.41) is 8.50. The highest BCUT2D eigenvalue weighted by atomic mass is 16.5. The third kappa shape index (κ3) is 2.64. The van der Waals surface area contributed by atoms with Crippen molar-refractivity contribution in [2.24, 2.45) is 0 Å². The van der Waals surface area contributed by atoms with Gasteiger partial charge in [-0.2, -0.15) is 5.26 Å².